The van der Waals surface area contributed by atoms with Crippen LogP contribution in [0.25, 0.3) is 11.1 Å². The Hall–Kier alpha value is -2.34. The molecule has 0 atom stereocenters. The number of nitriles is 1. The monoisotopic (exact) mass is 210 g/mol. The van der Waals surface area contributed by atoms with Crippen LogP contribution in [0.2, 0.25) is 0 Å². The van der Waals surface area contributed by atoms with Crippen molar-refractivity contribution in [3.63, 3.8) is 0 Å². The molecule has 0 aliphatic rings. The second-order valence-corrected chi connectivity index (χ2v) is 3.60. The van der Waals surface area contributed by atoms with Gasteiger partial charge in [-0.15, -0.1) is 0 Å². The Kier molecular flexibility index (Phi) is 2.57. The summed E-state index contributed by atoms with van der Waals surface area (Å²) in [4.78, 5) is 13.7. The first kappa shape index (κ1) is 10.2. The van der Waals surface area contributed by atoms with E-state index in [0.29, 0.717) is 11.1 Å². The third-order valence-corrected chi connectivity index (χ3v) is 2.41. The second kappa shape index (κ2) is 4.03. The topological polar surface area (TPSA) is 56.6 Å². The van der Waals surface area contributed by atoms with Crippen LogP contribution in [0.5, 0.6) is 0 Å². The zero-order chi connectivity index (χ0) is 11.5. The fourth-order valence-electron chi connectivity index (χ4n) is 1.54. The molecule has 3 nitrogen and oxygen atoms in total. The number of aryl methyl sites for hydroxylation is 1. The van der Waals surface area contributed by atoms with Gasteiger partial charge >= 0.3 is 0 Å². The van der Waals surface area contributed by atoms with Crippen LogP contribution in [0.15, 0.2) is 41.3 Å². The third-order valence-electron chi connectivity index (χ3n) is 2.41. The Morgan fingerprint density at radius 3 is 2.56 bits per heavy atom. The first-order valence-electron chi connectivity index (χ1n) is 4.90. The molecule has 1 aromatic heterocycles. The van der Waals surface area contributed by atoms with Gasteiger partial charge in [-0.3, -0.25) is 4.79 Å². The summed E-state index contributed by atoms with van der Waals surface area (Å²) in [6.45, 7) is 1.99. The minimum absolute atomic E-state index is 0.199. The van der Waals surface area contributed by atoms with Gasteiger partial charge in [0.1, 0.15) is 6.07 Å². The lowest BCUT2D eigenvalue weighted by Gasteiger charge is -2.03. The summed E-state index contributed by atoms with van der Waals surface area (Å²) >= 11 is 0. The van der Waals surface area contributed by atoms with Gasteiger partial charge in [0.15, 0.2) is 0 Å². The zero-order valence-electron chi connectivity index (χ0n) is 8.82. The standard InChI is InChI=1S/C13H10N2O/c1-9-2-4-10(5-3-9)12-6-13(16)15-8-11(12)7-14/h2-6,8H,1H3,(H,15,16). The van der Waals surface area contributed by atoms with E-state index in [-0.39, 0.29) is 5.56 Å². The summed E-state index contributed by atoms with van der Waals surface area (Å²) in [7, 11) is 0. The first-order chi connectivity index (χ1) is 7.70. The molecule has 1 N–H and O–H groups in total. The Morgan fingerprint density at radius 1 is 1.25 bits per heavy atom. The van der Waals surface area contributed by atoms with E-state index >= 15 is 0 Å². The van der Waals surface area contributed by atoms with Crippen molar-refractivity contribution in [3.05, 3.63) is 58.0 Å². The zero-order valence-corrected chi connectivity index (χ0v) is 8.82. The molecule has 0 unspecified atom stereocenters. The summed E-state index contributed by atoms with van der Waals surface area (Å²) < 4.78 is 0. The molecule has 0 spiro atoms. The molecule has 2 aromatic rings. The van der Waals surface area contributed by atoms with Gasteiger partial charge in [0.05, 0.1) is 5.56 Å². The molecule has 3 heteroatoms. The summed E-state index contributed by atoms with van der Waals surface area (Å²) in [5.41, 5.74) is 2.98. The predicted octanol–water partition coefficient (Wildman–Crippen LogP) is 2.22. The number of aromatic amines is 1. The molecule has 0 bridgehead atoms. The van der Waals surface area contributed by atoms with Gasteiger partial charge in [-0.25, -0.2) is 0 Å². The SMILES string of the molecule is Cc1ccc(-c2cc(=O)[nH]cc2C#N)cc1. The summed E-state index contributed by atoms with van der Waals surface area (Å²) in [6, 6.07) is 11.2. The molecule has 0 radical (unpaired) electrons. The van der Waals surface area contributed by atoms with Crippen molar-refractivity contribution in [1.29, 1.82) is 5.26 Å². The smallest absolute Gasteiger partial charge is 0.248 e. The summed E-state index contributed by atoms with van der Waals surface area (Å²) in [6.07, 6.45) is 1.44. The number of hydrogen-bond acceptors (Lipinski definition) is 2. The van der Waals surface area contributed by atoms with E-state index in [2.05, 4.69) is 11.1 Å². The van der Waals surface area contributed by atoms with Crippen molar-refractivity contribution in [2.75, 3.05) is 0 Å². The molecule has 0 fully saturated rings. The molecule has 0 aliphatic heterocycles. The van der Waals surface area contributed by atoms with Gasteiger partial charge in [0, 0.05) is 17.8 Å². The van der Waals surface area contributed by atoms with Crippen LogP contribution in [-0.4, -0.2) is 4.98 Å². The highest BCUT2D eigenvalue weighted by molar-refractivity contribution is 5.69. The maximum absolute atomic E-state index is 11.2. The molecular formula is C13H10N2O. The molecule has 0 amide bonds. The van der Waals surface area contributed by atoms with E-state index < -0.39 is 0 Å². The van der Waals surface area contributed by atoms with Gasteiger partial charge in [-0.2, -0.15) is 5.26 Å². The van der Waals surface area contributed by atoms with E-state index in [1.807, 2.05) is 31.2 Å². The molecule has 1 aromatic carbocycles. The van der Waals surface area contributed by atoms with E-state index in [1.54, 1.807) is 0 Å². The van der Waals surface area contributed by atoms with Crippen LogP contribution >= 0.6 is 0 Å². The highest BCUT2D eigenvalue weighted by atomic mass is 16.1. The summed E-state index contributed by atoms with van der Waals surface area (Å²) in [5.74, 6) is 0. The molecule has 0 aliphatic carbocycles. The molecule has 0 saturated carbocycles. The fourth-order valence-corrected chi connectivity index (χ4v) is 1.54. The minimum Gasteiger partial charge on any atom is -0.328 e. The second-order valence-electron chi connectivity index (χ2n) is 3.60. The van der Waals surface area contributed by atoms with E-state index in [4.69, 9.17) is 5.26 Å². The predicted molar refractivity (Wildman–Crippen MR) is 62.0 cm³/mol. The molecule has 78 valence electrons. The molecular weight excluding hydrogens is 200 g/mol. The molecule has 0 saturated heterocycles. The van der Waals surface area contributed by atoms with Crippen LogP contribution in [0.1, 0.15) is 11.1 Å². The number of pyridine rings is 1. The number of nitrogens with zero attached hydrogens (tertiary/aromatic N) is 1. The van der Waals surface area contributed by atoms with Crippen molar-refractivity contribution in [1.82, 2.24) is 4.98 Å². The van der Waals surface area contributed by atoms with Crippen LogP contribution in [0.3, 0.4) is 0 Å². The lowest BCUT2D eigenvalue weighted by atomic mass is 10.0. The molecule has 2 rings (SSSR count). The van der Waals surface area contributed by atoms with Crippen molar-refractivity contribution >= 4 is 0 Å². The van der Waals surface area contributed by atoms with Gasteiger partial charge < -0.3 is 4.98 Å². The average Bonchev–Trinajstić information content (AvgIpc) is 2.30. The highest BCUT2D eigenvalue weighted by Crippen LogP contribution is 2.21. The number of hydrogen-bond donors (Lipinski definition) is 1. The summed E-state index contributed by atoms with van der Waals surface area (Å²) in [5, 5.41) is 8.95. The number of H-pyrrole nitrogens is 1. The number of rotatable bonds is 1. The highest BCUT2D eigenvalue weighted by Gasteiger charge is 2.05. The van der Waals surface area contributed by atoms with Crippen molar-refractivity contribution < 1.29 is 0 Å². The number of nitrogens with one attached hydrogen (secondary N) is 1. The number of aromatic nitrogens is 1. The van der Waals surface area contributed by atoms with Gasteiger partial charge in [-0.05, 0) is 12.5 Å². The largest absolute Gasteiger partial charge is 0.328 e. The lowest BCUT2D eigenvalue weighted by molar-refractivity contribution is 1.22. The van der Waals surface area contributed by atoms with E-state index in [9.17, 15) is 4.79 Å². The van der Waals surface area contributed by atoms with Crippen molar-refractivity contribution in [3.8, 4) is 17.2 Å². The maximum atomic E-state index is 11.2. The Bertz CT molecular complexity index is 603. The Morgan fingerprint density at radius 2 is 1.94 bits per heavy atom. The van der Waals surface area contributed by atoms with Gasteiger partial charge in [0.25, 0.3) is 0 Å². The maximum Gasteiger partial charge on any atom is 0.248 e. The Labute approximate surface area is 93.0 Å². The van der Waals surface area contributed by atoms with E-state index in [0.717, 1.165) is 11.1 Å². The molecule has 1 heterocycles. The average molecular weight is 210 g/mol. The van der Waals surface area contributed by atoms with Crippen LogP contribution < -0.4 is 5.56 Å². The van der Waals surface area contributed by atoms with Gasteiger partial charge in [-0.1, -0.05) is 29.8 Å². The van der Waals surface area contributed by atoms with Crippen molar-refractivity contribution in [2.45, 2.75) is 6.92 Å². The quantitative estimate of drug-likeness (QED) is 0.784. The van der Waals surface area contributed by atoms with Crippen LogP contribution in [-0.2, 0) is 0 Å². The lowest BCUT2D eigenvalue weighted by Crippen LogP contribution is -2.04. The number of benzene rings is 1. The third kappa shape index (κ3) is 1.86. The van der Waals surface area contributed by atoms with E-state index in [1.165, 1.54) is 12.3 Å². The Balaban J connectivity index is 2.64. The van der Waals surface area contributed by atoms with Crippen molar-refractivity contribution in [2.24, 2.45) is 0 Å². The molecule has 16 heavy (non-hydrogen) atoms. The minimum atomic E-state index is -0.199. The first-order valence-corrected chi connectivity index (χ1v) is 4.90. The normalized spacial score (nSPS) is 9.75. The van der Waals surface area contributed by atoms with Crippen LogP contribution in [0.4, 0.5) is 0 Å². The fraction of sp³-hybridized carbons (Fsp3) is 0.0769. The van der Waals surface area contributed by atoms with Crippen LogP contribution in [0, 0.1) is 18.3 Å². The van der Waals surface area contributed by atoms with Gasteiger partial charge in [0.2, 0.25) is 5.56 Å².